The molecular formula is C23H15Cl2F2N3O2. The quantitative estimate of drug-likeness (QED) is 0.573. The van der Waals surface area contributed by atoms with Crippen LogP contribution in [0.3, 0.4) is 0 Å². The van der Waals surface area contributed by atoms with Crippen LogP contribution in [-0.2, 0) is 9.59 Å². The van der Waals surface area contributed by atoms with Crippen molar-refractivity contribution in [3.8, 4) is 0 Å². The van der Waals surface area contributed by atoms with Gasteiger partial charge in [0.2, 0.25) is 11.8 Å². The van der Waals surface area contributed by atoms with E-state index >= 15 is 0 Å². The Morgan fingerprint density at radius 3 is 2.44 bits per heavy atom. The van der Waals surface area contributed by atoms with E-state index in [-0.39, 0.29) is 28.5 Å². The molecule has 0 aromatic heterocycles. The number of aliphatic imine (C=N–C) groups is 1. The van der Waals surface area contributed by atoms with Crippen LogP contribution < -0.4 is 10.2 Å². The summed E-state index contributed by atoms with van der Waals surface area (Å²) in [4.78, 5) is 31.0. The first kappa shape index (κ1) is 21.9. The smallest absolute Gasteiger partial charge is 0.249 e. The summed E-state index contributed by atoms with van der Waals surface area (Å²) < 4.78 is 28.5. The molecule has 3 aromatic rings. The molecule has 162 valence electrons. The minimum atomic E-state index is -0.703. The minimum absolute atomic E-state index is 0.0682. The number of benzodiazepines with no additional fused rings is 1. The van der Waals surface area contributed by atoms with E-state index in [0.29, 0.717) is 16.3 Å². The van der Waals surface area contributed by atoms with Gasteiger partial charge in [0.25, 0.3) is 0 Å². The number of nitrogens with one attached hydrogen (secondary N) is 1. The zero-order valence-corrected chi connectivity index (χ0v) is 17.9. The molecule has 0 aliphatic carbocycles. The van der Waals surface area contributed by atoms with Gasteiger partial charge in [-0.25, -0.2) is 8.78 Å². The molecule has 0 spiro atoms. The summed E-state index contributed by atoms with van der Waals surface area (Å²) in [5.41, 5.74) is 1.13. The van der Waals surface area contributed by atoms with Crippen molar-refractivity contribution in [1.82, 2.24) is 0 Å². The second kappa shape index (κ2) is 9.06. The van der Waals surface area contributed by atoms with Crippen LogP contribution in [0, 0.1) is 11.6 Å². The fraction of sp³-hybridized carbons (Fsp3) is 0.0870. The maximum atomic E-state index is 14.5. The van der Waals surface area contributed by atoms with Gasteiger partial charge in [-0.1, -0.05) is 35.3 Å². The molecular weight excluding hydrogens is 459 g/mol. The van der Waals surface area contributed by atoms with E-state index in [1.165, 1.54) is 23.1 Å². The average molecular weight is 474 g/mol. The molecule has 9 heteroatoms. The van der Waals surface area contributed by atoms with Gasteiger partial charge in [-0.05, 0) is 48.5 Å². The van der Waals surface area contributed by atoms with Gasteiger partial charge >= 0.3 is 0 Å². The molecule has 1 heterocycles. The fourth-order valence-electron chi connectivity index (χ4n) is 3.37. The summed E-state index contributed by atoms with van der Waals surface area (Å²) in [6, 6.07) is 14.6. The molecule has 5 nitrogen and oxygen atoms in total. The van der Waals surface area contributed by atoms with Crippen molar-refractivity contribution in [2.75, 3.05) is 23.3 Å². The Hall–Kier alpha value is -3.29. The van der Waals surface area contributed by atoms with Crippen LogP contribution in [0.4, 0.5) is 20.2 Å². The SMILES string of the molecule is O=C(CN1C(=O)CN=C(c2ccccc2F)c2cc(Cl)ccc21)Nc1ccc(Cl)cc1F. The van der Waals surface area contributed by atoms with Crippen LogP contribution >= 0.6 is 23.2 Å². The van der Waals surface area contributed by atoms with E-state index in [2.05, 4.69) is 10.3 Å². The van der Waals surface area contributed by atoms with Gasteiger partial charge in [-0.3, -0.25) is 14.6 Å². The second-order valence-corrected chi connectivity index (χ2v) is 7.83. The minimum Gasteiger partial charge on any atom is -0.322 e. The molecule has 0 atom stereocenters. The number of amides is 2. The Kier molecular flexibility index (Phi) is 6.21. The van der Waals surface area contributed by atoms with Crippen LogP contribution in [0.5, 0.6) is 0 Å². The van der Waals surface area contributed by atoms with Crippen molar-refractivity contribution in [1.29, 1.82) is 0 Å². The molecule has 2 amide bonds. The lowest BCUT2D eigenvalue weighted by molar-refractivity contribution is -0.120. The third kappa shape index (κ3) is 4.49. The number of carbonyl (C=O) groups excluding carboxylic acids is 2. The first-order chi connectivity index (χ1) is 15.3. The summed E-state index contributed by atoms with van der Waals surface area (Å²) in [6.45, 7) is -0.714. The number of hydrogen-bond acceptors (Lipinski definition) is 3. The number of fused-ring (bicyclic) bond motifs is 1. The second-order valence-electron chi connectivity index (χ2n) is 6.96. The van der Waals surface area contributed by atoms with Crippen molar-refractivity contribution in [2.45, 2.75) is 0 Å². The Morgan fingerprint density at radius 2 is 1.69 bits per heavy atom. The number of carbonyl (C=O) groups is 2. The molecule has 3 aromatic carbocycles. The number of anilines is 2. The Balaban J connectivity index is 1.69. The Labute approximate surface area is 192 Å². The standard InChI is InChI=1S/C23H15Cl2F2N3O2/c24-13-6-8-20-16(9-13)23(15-3-1-2-4-17(15)26)28-11-22(32)30(20)12-21(31)29-19-7-5-14(25)10-18(19)27/h1-10H,11-12H2,(H,29,31). The van der Waals surface area contributed by atoms with Gasteiger partial charge in [0, 0.05) is 21.2 Å². The third-order valence-corrected chi connectivity index (χ3v) is 5.28. The molecule has 32 heavy (non-hydrogen) atoms. The Bertz CT molecular complexity index is 1260. The highest BCUT2D eigenvalue weighted by Gasteiger charge is 2.28. The predicted molar refractivity (Wildman–Crippen MR) is 121 cm³/mol. The summed E-state index contributed by atoms with van der Waals surface area (Å²) in [7, 11) is 0. The van der Waals surface area contributed by atoms with Crippen molar-refractivity contribution >= 4 is 52.1 Å². The zero-order chi connectivity index (χ0) is 22.8. The van der Waals surface area contributed by atoms with Crippen LogP contribution in [0.15, 0.2) is 65.7 Å². The first-order valence-corrected chi connectivity index (χ1v) is 10.2. The lowest BCUT2D eigenvalue weighted by atomic mass is 9.99. The van der Waals surface area contributed by atoms with E-state index in [1.54, 1.807) is 36.4 Å². The lowest BCUT2D eigenvalue weighted by Gasteiger charge is -2.23. The molecule has 0 saturated heterocycles. The normalized spacial score (nSPS) is 13.3. The van der Waals surface area contributed by atoms with Crippen LogP contribution in [0.25, 0.3) is 0 Å². The largest absolute Gasteiger partial charge is 0.322 e. The van der Waals surface area contributed by atoms with Gasteiger partial charge in [-0.2, -0.15) is 0 Å². The summed E-state index contributed by atoms with van der Waals surface area (Å²) in [6.07, 6.45) is 0. The predicted octanol–water partition coefficient (Wildman–Crippen LogP) is 5.09. The molecule has 0 saturated carbocycles. The molecule has 0 unspecified atom stereocenters. The average Bonchev–Trinajstić information content (AvgIpc) is 2.87. The van der Waals surface area contributed by atoms with E-state index in [0.717, 1.165) is 6.07 Å². The Morgan fingerprint density at radius 1 is 0.969 bits per heavy atom. The monoisotopic (exact) mass is 473 g/mol. The first-order valence-electron chi connectivity index (χ1n) is 9.48. The number of nitrogens with zero attached hydrogens (tertiary/aromatic N) is 2. The van der Waals surface area contributed by atoms with Crippen molar-refractivity contribution in [2.24, 2.45) is 4.99 Å². The highest BCUT2D eigenvalue weighted by atomic mass is 35.5. The van der Waals surface area contributed by atoms with E-state index in [9.17, 15) is 18.4 Å². The van der Waals surface area contributed by atoms with Gasteiger partial charge in [0.15, 0.2) is 0 Å². The van der Waals surface area contributed by atoms with Gasteiger partial charge in [0.05, 0.1) is 17.1 Å². The van der Waals surface area contributed by atoms with Crippen LogP contribution in [-0.4, -0.2) is 30.6 Å². The topological polar surface area (TPSA) is 61.8 Å². The summed E-state index contributed by atoms with van der Waals surface area (Å²) in [5.74, 6) is -2.32. The van der Waals surface area contributed by atoms with Gasteiger partial charge < -0.3 is 10.2 Å². The molecule has 4 rings (SSSR count). The highest BCUT2D eigenvalue weighted by Crippen LogP contribution is 2.30. The van der Waals surface area contributed by atoms with E-state index in [4.69, 9.17) is 23.2 Å². The lowest BCUT2D eigenvalue weighted by Crippen LogP contribution is -2.39. The fourth-order valence-corrected chi connectivity index (χ4v) is 3.70. The summed E-state index contributed by atoms with van der Waals surface area (Å²) >= 11 is 11.9. The van der Waals surface area contributed by atoms with Crippen LogP contribution in [0.2, 0.25) is 10.0 Å². The highest BCUT2D eigenvalue weighted by molar-refractivity contribution is 6.32. The molecule has 1 aliphatic heterocycles. The number of hydrogen-bond donors (Lipinski definition) is 1. The number of benzene rings is 3. The molecule has 0 fully saturated rings. The molecule has 1 aliphatic rings. The molecule has 1 N–H and O–H groups in total. The molecule has 0 bridgehead atoms. The number of halogens is 4. The van der Waals surface area contributed by atoms with Gasteiger partial charge in [0.1, 0.15) is 24.7 Å². The summed E-state index contributed by atoms with van der Waals surface area (Å²) in [5, 5.41) is 2.97. The third-order valence-electron chi connectivity index (χ3n) is 4.81. The van der Waals surface area contributed by atoms with E-state index in [1.807, 2.05) is 0 Å². The van der Waals surface area contributed by atoms with Crippen molar-refractivity contribution in [3.05, 3.63) is 93.5 Å². The van der Waals surface area contributed by atoms with Gasteiger partial charge in [-0.15, -0.1) is 0 Å². The zero-order valence-electron chi connectivity index (χ0n) is 16.4. The van der Waals surface area contributed by atoms with Crippen molar-refractivity contribution in [3.63, 3.8) is 0 Å². The van der Waals surface area contributed by atoms with E-state index < -0.39 is 30.0 Å². The maximum Gasteiger partial charge on any atom is 0.249 e. The maximum absolute atomic E-state index is 14.5. The molecule has 0 radical (unpaired) electrons. The van der Waals surface area contributed by atoms with Crippen LogP contribution in [0.1, 0.15) is 11.1 Å². The van der Waals surface area contributed by atoms with Crippen molar-refractivity contribution < 1.29 is 18.4 Å². The number of rotatable bonds is 4.